The van der Waals surface area contributed by atoms with Crippen LogP contribution in [0.5, 0.6) is 0 Å². The standard InChI is InChI=1S/C14H23N3O3S2/c1-12(18)15-11-13-5-6-14(21-13)22(19,20)16-7-10-17-8-3-2-4-9-17/h5-6,16H,2-4,7-11H2,1H3,(H,15,18). The van der Waals surface area contributed by atoms with Crippen LogP contribution in [0, 0.1) is 0 Å². The minimum absolute atomic E-state index is 0.127. The van der Waals surface area contributed by atoms with Gasteiger partial charge in [0.25, 0.3) is 0 Å². The van der Waals surface area contributed by atoms with Gasteiger partial charge in [0.2, 0.25) is 15.9 Å². The second-order valence-corrected chi connectivity index (χ2v) is 8.59. The highest BCUT2D eigenvalue weighted by molar-refractivity contribution is 7.91. The summed E-state index contributed by atoms with van der Waals surface area (Å²) in [5.74, 6) is -0.127. The van der Waals surface area contributed by atoms with Gasteiger partial charge in [-0.15, -0.1) is 11.3 Å². The van der Waals surface area contributed by atoms with Crippen molar-refractivity contribution in [3.05, 3.63) is 17.0 Å². The molecule has 1 fully saturated rings. The van der Waals surface area contributed by atoms with E-state index in [-0.39, 0.29) is 5.91 Å². The number of likely N-dealkylation sites (tertiary alicyclic amines) is 1. The van der Waals surface area contributed by atoms with Crippen molar-refractivity contribution in [2.45, 2.75) is 36.9 Å². The van der Waals surface area contributed by atoms with E-state index in [2.05, 4.69) is 14.9 Å². The van der Waals surface area contributed by atoms with E-state index in [0.29, 0.717) is 17.3 Å². The molecule has 8 heteroatoms. The Morgan fingerprint density at radius 3 is 2.68 bits per heavy atom. The highest BCUT2D eigenvalue weighted by Gasteiger charge is 2.17. The zero-order chi connectivity index (χ0) is 16.0. The lowest BCUT2D eigenvalue weighted by Crippen LogP contribution is -2.37. The first-order valence-electron chi connectivity index (χ1n) is 7.52. The molecule has 2 rings (SSSR count). The molecule has 1 aromatic heterocycles. The van der Waals surface area contributed by atoms with Gasteiger partial charge in [0.15, 0.2) is 0 Å². The molecular weight excluding hydrogens is 322 g/mol. The van der Waals surface area contributed by atoms with Gasteiger partial charge in [0.1, 0.15) is 4.21 Å². The first-order chi connectivity index (χ1) is 10.5. The molecule has 22 heavy (non-hydrogen) atoms. The molecule has 0 aliphatic carbocycles. The normalized spacial score (nSPS) is 16.6. The van der Waals surface area contributed by atoms with Crippen molar-refractivity contribution in [2.75, 3.05) is 26.2 Å². The number of carbonyl (C=O) groups excluding carboxylic acids is 1. The van der Waals surface area contributed by atoms with Crippen LogP contribution < -0.4 is 10.0 Å². The number of hydrogen-bond acceptors (Lipinski definition) is 5. The van der Waals surface area contributed by atoms with E-state index in [4.69, 9.17) is 0 Å². The van der Waals surface area contributed by atoms with Gasteiger partial charge >= 0.3 is 0 Å². The zero-order valence-corrected chi connectivity index (χ0v) is 14.4. The number of carbonyl (C=O) groups is 1. The Kier molecular flexibility index (Phi) is 6.37. The third-order valence-corrected chi connectivity index (χ3v) is 6.62. The zero-order valence-electron chi connectivity index (χ0n) is 12.8. The van der Waals surface area contributed by atoms with Gasteiger partial charge in [0.05, 0.1) is 6.54 Å². The minimum atomic E-state index is -3.45. The topological polar surface area (TPSA) is 78.5 Å². The second-order valence-electron chi connectivity index (χ2n) is 5.43. The van der Waals surface area contributed by atoms with Crippen LogP contribution in [0.15, 0.2) is 16.3 Å². The predicted octanol–water partition coefficient (Wildman–Crippen LogP) is 1.15. The Hall–Kier alpha value is -0.960. The molecule has 6 nitrogen and oxygen atoms in total. The highest BCUT2D eigenvalue weighted by Crippen LogP contribution is 2.21. The molecule has 0 bridgehead atoms. The summed E-state index contributed by atoms with van der Waals surface area (Å²) < 4.78 is 27.4. The van der Waals surface area contributed by atoms with Gasteiger partial charge in [-0.2, -0.15) is 0 Å². The van der Waals surface area contributed by atoms with E-state index in [1.165, 1.54) is 37.5 Å². The summed E-state index contributed by atoms with van der Waals surface area (Å²) in [5.41, 5.74) is 0. The fourth-order valence-corrected chi connectivity index (χ4v) is 4.76. The quantitative estimate of drug-likeness (QED) is 0.777. The van der Waals surface area contributed by atoms with Crippen LogP contribution in [0.1, 0.15) is 31.1 Å². The monoisotopic (exact) mass is 345 g/mol. The molecule has 124 valence electrons. The maximum absolute atomic E-state index is 12.2. The molecule has 0 spiro atoms. The van der Waals surface area contributed by atoms with Crippen molar-refractivity contribution in [3.8, 4) is 0 Å². The van der Waals surface area contributed by atoms with Gasteiger partial charge in [-0.3, -0.25) is 4.79 Å². The molecule has 1 saturated heterocycles. The van der Waals surface area contributed by atoms with E-state index >= 15 is 0 Å². The summed E-state index contributed by atoms with van der Waals surface area (Å²) in [4.78, 5) is 14.0. The molecule has 1 aromatic rings. The van der Waals surface area contributed by atoms with E-state index in [0.717, 1.165) is 24.5 Å². The number of sulfonamides is 1. The van der Waals surface area contributed by atoms with Gasteiger partial charge < -0.3 is 10.2 Å². The number of amides is 1. The highest BCUT2D eigenvalue weighted by atomic mass is 32.2. The van der Waals surface area contributed by atoms with E-state index in [1.54, 1.807) is 12.1 Å². The summed E-state index contributed by atoms with van der Waals surface area (Å²) in [6, 6.07) is 3.32. The average molecular weight is 345 g/mol. The Labute approximate surface area is 135 Å². The van der Waals surface area contributed by atoms with Crippen molar-refractivity contribution >= 4 is 27.3 Å². The van der Waals surface area contributed by atoms with E-state index < -0.39 is 10.0 Å². The first-order valence-corrected chi connectivity index (χ1v) is 9.82. The lowest BCUT2D eigenvalue weighted by Gasteiger charge is -2.26. The largest absolute Gasteiger partial charge is 0.351 e. The van der Waals surface area contributed by atoms with Crippen molar-refractivity contribution in [1.82, 2.24) is 14.9 Å². The Morgan fingerprint density at radius 1 is 1.27 bits per heavy atom. The minimum Gasteiger partial charge on any atom is -0.351 e. The Bertz CT molecular complexity index is 592. The van der Waals surface area contributed by atoms with Crippen molar-refractivity contribution in [1.29, 1.82) is 0 Å². The Balaban J connectivity index is 1.82. The average Bonchev–Trinajstić information content (AvgIpc) is 2.96. The summed E-state index contributed by atoms with van der Waals surface area (Å²) in [7, 11) is -3.45. The van der Waals surface area contributed by atoms with Crippen LogP contribution in [0.3, 0.4) is 0 Å². The molecule has 1 aliphatic heterocycles. The number of nitrogens with one attached hydrogen (secondary N) is 2. The van der Waals surface area contributed by atoms with Crippen molar-refractivity contribution in [2.24, 2.45) is 0 Å². The Morgan fingerprint density at radius 2 is 2.00 bits per heavy atom. The van der Waals surface area contributed by atoms with Gasteiger partial charge in [0, 0.05) is 24.9 Å². The molecule has 0 unspecified atom stereocenters. The molecule has 0 aromatic carbocycles. The number of thiophene rings is 1. The second kappa shape index (κ2) is 8.05. The van der Waals surface area contributed by atoms with Crippen LogP contribution in [0.25, 0.3) is 0 Å². The molecule has 0 atom stereocenters. The fraction of sp³-hybridized carbons (Fsp3) is 0.643. The number of rotatable bonds is 7. The smallest absolute Gasteiger partial charge is 0.250 e. The molecule has 0 saturated carbocycles. The molecular formula is C14H23N3O3S2. The van der Waals surface area contributed by atoms with Crippen LogP contribution in [-0.2, 0) is 21.4 Å². The maximum Gasteiger partial charge on any atom is 0.250 e. The summed E-state index contributed by atoms with van der Waals surface area (Å²) >= 11 is 1.19. The first kappa shape index (κ1) is 17.4. The molecule has 2 N–H and O–H groups in total. The van der Waals surface area contributed by atoms with Crippen LogP contribution in [0.2, 0.25) is 0 Å². The predicted molar refractivity (Wildman–Crippen MR) is 87.3 cm³/mol. The third-order valence-electron chi connectivity index (χ3n) is 3.58. The fourth-order valence-electron chi connectivity index (χ4n) is 2.40. The van der Waals surface area contributed by atoms with E-state index in [1.807, 2.05) is 0 Å². The van der Waals surface area contributed by atoms with Gasteiger partial charge in [-0.25, -0.2) is 13.1 Å². The van der Waals surface area contributed by atoms with Gasteiger partial charge in [-0.05, 0) is 38.1 Å². The van der Waals surface area contributed by atoms with Crippen LogP contribution >= 0.6 is 11.3 Å². The number of nitrogens with zero attached hydrogens (tertiary/aromatic N) is 1. The van der Waals surface area contributed by atoms with Crippen LogP contribution in [-0.4, -0.2) is 45.4 Å². The van der Waals surface area contributed by atoms with Crippen LogP contribution in [0.4, 0.5) is 0 Å². The summed E-state index contributed by atoms with van der Waals surface area (Å²) in [6.45, 7) is 5.10. The lowest BCUT2D eigenvalue weighted by atomic mass is 10.1. The molecule has 0 radical (unpaired) electrons. The summed E-state index contributed by atoms with van der Waals surface area (Å²) in [6.07, 6.45) is 3.67. The molecule has 1 aliphatic rings. The van der Waals surface area contributed by atoms with Crippen molar-refractivity contribution in [3.63, 3.8) is 0 Å². The molecule has 1 amide bonds. The summed E-state index contributed by atoms with van der Waals surface area (Å²) in [5, 5.41) is 2.66. The van der Waals surface area contributed by atoms with Crippen molar-refractivity contribution < 1.29 is 13.2 Å². The SMILES string of the molecule is CC(=O)NCc1ccc(S(=O)(=O)NCCN2CCCCC2)s1. The van der Waals surface area contributed by atoms with Gasteiger partial charge in [-0.1, -0.05) is 6.42 Å². The van der Waals surface area contributed by atoms with E-state index in [9.17, 15) is 13.2 Å². The number of piperidine rings is 1. The molecule has 2 heterocycles. The maximum atomic E-state index is 12.2. The number of hydrogen-bond donors (Lipinski definition) is 2. The third kappa shape index (κ3) is 5.35. The lowest BCUT2D eigenvalue weighted by molar-refractivity contribution is -0.119.